The number of benzene rings is 1. The molecule has 3 heterocycles. The molecule has 98 valence electrons. The Hall–Kier alpha value is -2.49. The lowest BCUT2D eigenvalue weighted by molar-refractivity contribution is 0.653. The normalized spacial score (nSPS) is 17.1. The first kappa shape index (κ1) is 11.3. The number of aromatic nitrogens is 4. The first-order chi connectivity index (χ1) is 9.92. The van der Waals surface area contributed by atoms with Crippen LogP contribution in [0.1, 0.15) is 17.3 Å². The van der Waals surface area contributed by atoms with Gasteiger partial charge in [-0.3, -0.25) is 0 Å². The Balaban J connectivity index is 1.75. The molecule has 20 heavy (non-hydrogen) atoms. The minimum atomic E-state index is 0.482. The standard InChI is InChI=1S/C16H14N4/c1-2-4-15(13-8-17-11-18-9-13)14(3-1)12-7-16-19-5-6-20(16)10-12/h1-6,8-9,11-12H,7,10H2/t12-/m1/s1. The second-order valence-corrected chi connectivity index (χ2v) is 5.11. The Morgan fingerprint density at radius 3 is 2.80 bits per heavy atom. The summed E-state index contributed by atoms with van der Waals surface area (Å²) in [5.74, 6) is 1.66. The van der Waals surface area contributed by atoms with Crippen LogP contribution >= 0.6 is 0 Å². The molecule has 0 saturated carbocycles. The molecule has 0 radical (unpaired) electrons. The van der Waals surface area contributed by atoms with E-state index in [1.807, 2.05) is 18.6 Å². The summed E-state index contributed by atoms with van der Waals surface area (Å²) < 4.78 is 2.24. The Morgan fingerprint density at radius 1 is 1.10 bits per heavy atom. The number of rotatable bonds is 2. The third kappa shape index (κ3) is 1.81. The van der Waals surface area contributed by atoms with Crippen LogP contribution in [0.25, 0.3) is 11.1 Å². The van der Waals surface area contributed by atoms with Crippen LogP contribution in [0, 0.1) is 0 Å². The Kier molecular flexibility index (Phi) is 2.59. The van der Waals surface area contributed by atoms with Crippen molar-refractivity contribution < 1.29 is 0 Å². The Bertz CT molecular complexity index is 712. The van der Waals surface area contributed by atoms with Crippen molar-refractivity contribution in [2.24, 2.45) is 0 Å². The summed E-state index contributed by atoms with van der Waals surface area (Å²) in [6, 6.07) is 8.53. The van der Waals surface area contributed by atoms with Gasteiger partial charge in [0.15, 0.2) is 0 Å². The highest BCUT2D eigenvalue weighted by molar-refractivity contribution is 5.66. The topological polar surface area (TPSA) is 43.6 Å². The van der Waals surface area contributed by atoms with E-state index in [9.17, 15) is 0 Å². The second-order valence-electron chi connectivity index (χ2n) is 5.11. The minimum absolute atomic E-state index is 0.482. The molecule has 4 heteroatoms. The van der Waals surface area contributed by atoms with Crippen LogP contribution < -0.4 is 0 Å². The third-order valence-corrected chi connectivity index (χ3v) is 3.92. The maximum Gasteiger partial charge on any atom is 0.115 e. The molecule has 0 spiro atoms. The van der Waals surface area contributed by atoms with Gasteiger partial charge in [-0.15, -0.1) is 0 Å². The Morgan fingerprint density at radius 2 is 1.95 bits per heavy atom. The molecule has 0 saturated heterocycles. The summed E-state index contributed by atoms with van der Waals surface area (Å²) in [6.07, 6.45) is 10.2. The summed E-state index contributed by atoms with van der Waals surface area (Å²) in [7, 11) is 0. The van der Waals surface area contributed by atoms with E-state index in [1.165, 1.54) is 17.0 Å². The van der Waals surface area contributed by atoms with Gasteiger partial charge in [-0.05, 0) is 11.1 Å². The van der Waals surface area contributed by atoms with E-state index in [0.717, 1.165) is 18.5 Å². The zero-order valence-electron chi connectivity index (χ0n) is 11.0. The van der Waals surface area contributed by atoms with Crippen molar-refractivity contribution in [1.82, 2.24) is 19.5 Å². The van der Waals surface area contributed by atoms with Crippen LogP contribution in [-0.4, -0.2) is 19.5 Å². The monoisotopic (exact) mass is 262 g/mol. The molecule has 4 rings (SSSR count). The van der Waals surface area contributed by atoms with Gasteiger partial charge in [-0.2, -0.15) is 0 Å². The fraction of sp³-hybridized carbons (Fsp3) is 0.188. The predicted octanol–water partition coefficient (Wildman–Crippen LogP) is 2.68. The number of fused-ring (bicyclic) bond motifs is 1. The third-order valence-electron chi connectivity index (χ3n) is 3.92. The molecule has 0 fully saturated rings. The van der Waals surface area contributed by atoms with Gasteiger partial charge in [0.25, 0.3) is 0 Å². The lowest BCUT2D eigenvalue weighted by atomic mass is 9.90. The van der Waals surface area contributed by atoms with E-state index in [1.54, 1.807) is 6.33 Å². The SMILES string of the molecule is c1ccc([C@@H]2Cc3nccn3C2)c(-c2cncnc2)c1. The van der Waals surface area contributed by atoms with Crippen molar-refractivity contribution in [3.05, 3.63) is 66.8 Å². The van der Waals surface area contributed by atoms with Crippen LogP contribution in [0.2, 0.25) is 0 Å². The highest BCUT2D eigenvalue weighted by Gasteiger charge is 2.25. The average Bonchev–Trinajstić information content (AvgIpc) is 3.09. The summed E-state index contributed by atoms with van der Waals surface area (Å²) in [5.41, 5.74) is 3.66. The number of imidazole rings is 1. The lowest BCUT2D eigenvalue weighted by Crippen LogP contribution is -2.03. The quantitative estimate of drug-likeness (QED) is 0.713. The zero-order chi connectivity index (χ0) is 13.4. The molecule has 0 amide bonds. The van der Waals surface area contributed by atoms with Crippen LogP contribution in [-0.2, 0) is 13.0 Å². The van der Waals surface area contributed by atoms with E-state index < -0.39 is 0 Å². The van der Waals surface area contributed by atoms with Crippen molar-refractivity contribution in [3.8, 4) is 11.1 Å². The molecule has 1 aliphatic rings. The van der Waals surface area contributed by atoms with Crippen LogP contribution in [0.5, 0.6) is 0 Å². The van der Waals surface area contributed by atoms with Gasteiger partial charge in [0, 0.05) is 49.2 Å². The number of hydrogen-bond acceptors (Lipinski definition) is 3. The van der Waals surface area contributed by atoms with E-state index in [2.05, 4.69) is 50.0 Å². The van der Waals surface area contributed by atoms with E-state index in [-0.39, 0.29) is 0 Å². The smallest absolute Gasteiger partial charge is 0.115 e. The maximum absolute atomic E-state index is 4.41. The maximum atomic E-state index is 4.41. The van der Waals surface area contributed by atoms with Crippen molar-refractivity contribution in [1.29, 1.82) is 0 Å². The van der Waals surface area contributed by atoms with Gasteiger partial charge in [-0.25, -0.2) is 15.0 Å². The van der Waals surface area contributed by atoms with Crippen molar-refractivity contribution in [2.45, 2.75) is 18.9 Å². The van der Waals surface area contributed by atoms with Gasteiger partial charge < -0.3 is 4.57 Å². The van der Waals surface area contributed by atoms with Gasteiger partial charge in [0.1, 0.15) is 12.2 Å². The molecule has 1 aliphatic heterocycles. The molecular formula is C16H14N4. The van der Waals surface area contributed by atoms with Crippen LogP contribution in [0.15, 0.2) is 55.4 Å². The summed E-state index contributed by atoms with van der Waals surface area (Å²) in [4.78, 5) is 12.7. The molecule has 1 aromatic carbocycles. The molecule has 1 atom stereocenters. The summed E-state index contributed by atoms with van der Waals surface area (Å²) in [6.45, 7) is 1.00. The predicted molar refractivity (Wildman–Crippen MR) is 76.1 cm³/mol. The molecule has 0 unspecified atom stereocenters. The molecule has 4 nitrogen and oxygen atoms in total. The Labute approximate surface area is 117 Å². The molecule has 0 bridgehead atoms. The largest absolute Gasteiger partial charge is 0.334 e. The van der Waals surface area contributed by atoms with Crippen molar-refractivity contribution in [3.63, 3.8) is 0 Å². The first-order valence-electron chi connectivity index (χ1n) is 6.76. The van der Waals surface area contributed by atoms with Gasteiger partial charge in [0.2, 0.25) is 0 Å². The van der Waals surface area contributed by atoms with E-state index in [4.69, 9.17) is 0 Å². The molecule has 0 aliphatic carbocycles. The van der Waals surface area contributed by atoms with Crippen LogP contribution in [0.4, 0.5) is 0 Å². The second kappa shape index (κ2) is 4.56. The summed E-state index contributed by atoms with van der Waals surface area (Å²) in [5, 5.41) is 0. The number of hydrogen-bond donors (Lipinski definition) is 0. The minimum Gasteiger partial charge on any atom is -0.334 e. The first-order valence-corrected chi connectivity index (χ1v) is 6.76. The lowest BCUT2D eigenvalue weighted by Gasteiger charge is -2.14. The molecule has 0 N–H and O–H groups in total. The van der Waals surface area contributed by atoms with Crippen molar-refractivity contribution in [2.75, 3.05) is 0 Å². The van der Waals surface area contributed by atoms with Gasteiger partial charge in [0.05, 0.1) is 0 Å². The molecule has 3 aromatic rings. The fourth-order valence-corrected chi connectivity index (χ4v) is 2.98. The van der Waals surface area contributed by atoms with Gasteiger partial charge in [-0.1, -0.05) is 24.3 Å². The summed E-state index contributed by atoms with van der Waals surface area (Å²) >= 11 is 0. The fourth-order valence-electron chi connectivity index (χ4n) is 2.98. The van der Waals surface area contributed by atoms with Gasteiger partial charge >= 0.3 is 0 Å². The zero-order valence-corrected chi connectivity index (χ0v) is 11.0. The highest BCUT2D eigenvalue weighted by atomic mass is 15.1. The number of nitrogens with zero attached hydrogens (tertiary/aromatic N) is 4. The van der Waals surface area contributed by atoms with Crippen LogP contribution in [0.3, 0.4) is 0 Å². The van der Waals surface area contributed by atoms with E-state index >= 15 is 0 Å². The van der Waals surface area contributed by atoms with E-state index in [0.29, 0.717) is 5.92 Å². The average molecular weight is 262 g/mol. The highest BCUT2D eigenvalue weighted by Crippen LogP contribution is 2.34. The van der Waals surface area contributed by atoms with Crippen molar-refractivity contribution >= 4 is 0 Å². The molecular weight excluding hydrogens is 248 g/mol. The molecule has 2 aromatic heterocycles.